The van der Waals surface area contributed by atoms with Gasteiger partial charge in [0.25, 0.3) is 0 Å². The highest BCUT2D eigenvalue weighted by Crippen LogP contribution is 2.53. The van der Waals surface area contributed by atoms with Crippen molar-refractivity contribution in [2.24, 2.45) is 5.41 Å². The van der Waals surface area contributed by atoms with Crippen molar-refractivity contribution >= 4 is 5.78 Å². The first kappa shape index (κ1) is 15.1. The predicted molar refractivity (Wildman–Crippen MR) is 95.2 cm³/mol. The van der Waals surface area contributed by atoms with Crippen LogP contribution in [0.5, 0.6) is 5.75 Å². The zero-order chi connectivity index (χ0) is 17.2. The van der Waals surface area contributed by atoms with E-state index in [0.717, 1.165) is 31.7 Å². The summed E-state index contributed by atoms with van der Waals surface area (Å²) in [5.74, 6) is 0.698. The fraction of sp³-hybridized carbons (Fsp3) is 0.381. The van der Waals surface area contributed by atoms with Crippen LogP contribution < -0.4 is 0 Å². The standard InChI is InChI=1S/C21H22N2O2/c1-20-11-22-13-21(19(20)25,16-5-3-2-4-6-16)14-23(12-20)18(22)15-7-9-17(24)10-8-15/h2-10,18,24H,11-14H2,1H3. The van der Waals surface area contributed by atoms with Crippen LogP contribution in [0.25, 0.3) is 0 Å². The Morgan fingerprint density at radius 1 is 0.920 bits per heavy atom. The van der Waals surface area contributed by atoms with Gasteiger partial charge in [-0.05, 0) is 23.3 Å². The summed E-state index contributed by atoms with van der Waals surface area (Å²) >= 11 is 0. The second-order valence-corrected chi connectivity index (χ2v) is 8.11. The van der Waals surface area contributed by atoms with Crippen LogP contribution in [-0.2, 0) is 10.2 Å². The summed E-state index contributed by atoms with van der Waals surface area (Å²) in [6, 6.07) is 17.8. The van der Waals surface area contributed by atoms with Gasteiger partial charge in [-0.25, -0.2) is 0 Å². The first-order valence-electron chi connectivity index (χ1n) is 8.89. The summed E-state index contributed by atoms with van der Waals surface area (Å²) in [5.41, 5.74) is 1.61. The van der Waals surface area contributed by atoms with Crippen molar-refractivity contribution in [2.75, 3.05) is 26.2 Å². The maximum atomic E-state index is 13.4. The van der Waals surface area contributed by atoms with Crippen LogP contribution in [0.4, 0.5) is 0 Å². The van der Waals surface area contributed by atoms with E-state index in [1.807, 2.05) is 30.3 Å². The number of rotatable bonds is 2. The molecule has 0 amide bonds. The number of carbonyl (C=O) groups is 1. The van der Waals surface area contributed by atoms with Gasteiger partial charge in [-0.1, -0.05) is 49.4 Å². The van der Waals surface area contributed by atoms with E-state index in [1.165, 1.54) is 5.56 Å². The number of nitrogens with zero attached hydrogens (tertiary/aromatic N) is 2. The maximum Gasteiger partial charge on any atom is 0.154 e. The minimum absolute atomic E-state index is 0.193. The van der Waals surface area contributed by atoms with Gasteiger partial charge < -0.3 is 5.11 Å². The van der Waals surface area contributed by atoms with Gasteiger partial charge in [0, 0.05) is 26.2 Å². The first-order chi connectivity index (χ1) is 12.0. The van der Waals surface area contributed by atoms with Crippen molar-refractivity contribution in [3.8, 4) is 5.75 Å². The SMILES string of the molecule is CC12CN3CC(c4ccccc4)(CN(C1)C3c1ccc(O)cc1)C2=O. The zero-order valence-electron chi connectivity index (χ0n) is 14.4. The molecule has 2 aromatic rings. The second-order valence-electron chi connectivity index (χ2n) is 8.11. The van der Waals surface area contributed by atoms with Gasteiger partial charge in [0.05, 0.1) is 17.0 Å². The highest BCUT2D eigenvalue weighted by Gasteiger charge is 2.64. The molecule has 2 unspecified atom stereocenters. The smallest absolute Gasteiger partial charge is 0.154 e. The third-order valence-electron chi connectivity index (χ3n) is 6.24. The molecule has 4 aliphatic heterocycles. The maximum absolute atomic E-state index is 13.4. The van der Waals surface area contributed by atoms with Gasteiger partial charge >= 0.3 is 0 Å². The summed E-state index contributed by atoms with van der Waals surface area (Å²) in [6.45, 7) is 5.28. The number of piperidine rings is 2. The average molecular weight is 334 g/mol. The van der Waals surface area contributed by atoms with Crippen LogP contribution in [0, 0.1) is 5.41 Å². The van der Waals surface area contributed by atoms with E-state index in [1.54, 1.807) is 12.1 Å². The summed E-state index contributed by atoms with van der Waals surface area (Å²) in [6.07, 6.45) is 0.193. The molecule has 4 saturated heterocycles. The molecule has 128 valence electrons. The normalized spacial score (nSPS) is 38.9. The molecule has 4 heteroatoms. The number of carbonyl (C=O) groups excluding carboxylic acids is 1. The lowest BCUT2D eigenvalue weighted by Gasteiger charge is -2.65. The molecule has 4 aliphatic rings. The molecule has 2 atom stereocenters. The summed E-state index contributed by atoms with van der Waals surface area (Å²) < 4.78 is 0. The van der Waals surface area contributed by atoms with Crippen LogP contribution in [0.2, 0.25) is 0 Å². The first-order valence-corrected chi connectivity index (χ1v) is 8.89. The predicted octanol–water partition coefficient (Wildman–Crippen LogP) is 2.55. The van der Waals surface area contributed by atoms with E-state index in [9.17, 15) is 9.90 Å². The molecular weight excluding hydrogens is 312 g/mol. The highest BCUT2D eigenvalue weighted by molar-refractivity contribution is 5.97. The Morgan fingerprint density at radius 2 is 1.52 bits per heavy atom. The van der Waals surface area contributed by atoms with Crippen molar-refractivity contribution in [1.29, 1.82) is 0 Å². The fourth-order valence-corrected chi connectivity index (χ4v) is 5.38. The molecule has 25 heavy (non-hydrogen) atoms. The molecule has 0 spiro atoms. The van der Waals surface area contributed by atoms with Crippen LogP contribution in [-0.4, -0.2) is 46.9 Å². The Hall–Kier alpha value is -2.17. The average Bonchev–Trinajstić information content (AvgIpc) is 2.60. The molecule has 1 N–H and O–H groups in total. The van der Waals surface area contributed by atoms with Crippen LogP contribution in [0.1, 0.15) is 24.2 Å². The molecule has 4 heterocycles. The molecule has 0 aliphatic carbocycles. The number of benzene rings is 2. The summed E-state index contributed by atoms with van der Waals surface area (Å²) in [7, 11) is 0. The van der Waals surface area contributed by atoms with E-state index >= 15 is 0 Å². The number of hydrogen-bond donors (Lipinski definition) is 1. The third kappa shape index (κ3) is 1.98. The largest absolute Gasteiger partial charge is 0.508 e. The van der Waals surface area contributed by atoms with Crippen molar-refractivity contribution in [2.45, 2.75) is 18.5 Å². The van der Waals surface area contributed by atoms with Gasteiger partial charge in [0.1, 0.15) is 5.75 Å². The monoisotopic (exact) mass is 334 g/mol. The Balaban J connectivity index is 1.59. The summed E-state index contributed by atoms with van der Waals surface area (Å²) in [4.78, 5) is 18.3. The van der Waals surface area contributed by atoms with Crippen LogP contribution >= 0.6 is 0 Å². The molecule has 0 saturated carbocycles. The second kappa shape index (κ2) is 4.93. The minimum Gasteiger partial charge on any atom is -0.508 e. The van der Waals surface area contributed by atoms with Crippen LogP contribution in [0.3, 0.4) is 0 Å². The number of phenolic OH excluding ortho intramolecular Hbond substituents is 1. The van der Waals surface area contributed by atoms with E-state index < -0.39 is 5.41 Å². The van der Waals surface area contributed by atoms with E-state index in [4.69, 9.17) is 0 Å². The van der Waals surface area contributed by atoms with Gasteiger partial charge in [0.2, 0.25) is 0 Å². The van der Waals surface area contributed by atoms with Gasteiger partial charge in [0.15, 0.2) is 5.78 Å². The topological polar surface area (TPSA) is 43.8 Å². The van der Waals surface area contributed by atoms with Crippen molar-refractivity contribution in [3.63, 3.8) is 0 Å². The highest BCUT2D eigenvalue weighted by atomic mass is 16.3. The van der Waals surface area contributed by atoms with Crippen molar-refractivity contribution in [3.05, 3.63) is 65.7 Å². The fourth-order valence-electron chi connectivity index (χ4n) is 5.38. The van der Waals surface area contributed by atoms with Crippen molar-refractivity contribution in [1.82, 2.24) is 9.80 Å². The Labute approximate surface area is 147 Å². The molecule has 0 aromatic heterocycles. The number of aromatic hydroxyl groups is 1. The quantitative estimate of drug-likeness (QED) is 0.917. The number of phenols is 1. The third-order valence-corrected chi connectivity index (χ3v) is 6.24. The lowest BCUT2D eigenvalue weighted by atomic mass is 9.58. The molecule has 4 bridgehead atoms. The Kier molecular flexibility index (Phi) is 2.98. The van der Waals surface area contributed by atoms with Crippen molar-refractivity contribution < 1.29 is 9.90 Å². The van der Waals surface area contributed by atoms with Gasteiger partial charge in [-0.3, -0.25) is 14.6 Å². The minimum atomic E-state index is -0.417. The summed E-state index contributed by atoms with van der Waals surface area (Å²) in [5, 5.41) is 9.60. The molecule has 4 fully saturated rings. The molecule has 0 radical (unpaired) electrons. The number of Topliss-reactive ketones (excluding diaryl/α,β-unsaturated/α-hetero) is 1. The van der Waals surface area contributed by atoms with E-state index in [0.29, 0.717) is 11.5 Å². The van der Waals surface area contributed by atoms with E-state index in [-0.39, 0.29) is 11.6 Å². The molecule has 6 rings (SSSR count). The Morgan fingerprint density at radius 3 is 2.12 bits per heavy atom. The zero-order valence-corrected chi connectivity index (χ0v) is 14.4. The number of ketones is 1. The van der Waals surface area contributed by atoms with E-state index in [2.05, 4.69) is 28.9 Å². The van der Waals surface area contributed by atoms with Gasteiger partial charge in [-0.15, -0.1) is 0 Å². The number of hydrogen-bond acceptors (Lipinski definition) is 4. The lowest BCUT2D eigenvalue weighted by Crippen LogP contribution is -2.77. The lowest BCUT2D eigenvalue weighted by molar-refractivity contribution is -0.185. The molecular formula is C21H22N2O2. The van der Waals surface area contributed by atoms with Crippen LogP contribution in [0.15, 0.2) is 54.6 Å². The molecule has 2 aromatic carbocycles. The Bertz CT molecular complexity index is 815. The molecule has 4 nitrogen and oxygen atoms in total. The van der Waals surface area contributed by atoms with Gasteiger partial charge in [-0.2, -0.15) is 0 Å².